The Balaban J connectivity index is 2.03. The number of hydrogen-bond donors (Lipinski definition) is 0. The average molecular weight is 354 g/mol. The molecule has 118 valence electrons. The molecule has 0 atom stereocenters. The molecule has 3 aromatic carbocycles. The Labute approximate surface area is 145 Å². The Morgan fingerprint density at radius 3 is 2.04 bits per heavy atom. The second kappa shape index (κ2) is 6.48. The van der Waals surface area contributed by atoms with Gasteiger partial charge in [-0.2, -0.15) is 5.26 Å². The van der Waals surface area contributed by atoms with Crippen molar-refractivity contribution in [3.05, 3.63) is 83.4 Å². The maximum atomic E-state index is 12.7. The van der Waals surface area contributed by atoms with Crippen molar-refractivity contribution in [2.45, 2.75) is 9.79 Å². The van der Waals surface area contributed by atoms with E-state index in [4.69, 9.17) is 16.9 Å². The highest BCUT2D eigenvalue weighted by Gasteiger charge is 2.20. The van der Waals surface area contributed by atoms with Gasteiger partial charge in [-0.05, 0) is 47.5 Å². The van der Waals surface area contributed by atoms with Crippen molar-refractivity contribution >= 4 is 21.4 Å². The van der Waals surface area contributed by atoms with E-state index in [1.54, 1.807) is 66.7 Å². The summed E-state index contributed by atoms with van der Waals surface area (Å²) in [5.41, 5.74) is 2.21. The minimum Gasteiger partial charge on any atom is -0.218 e. The van der Waals surface area contributed by atoms with Crippen LogP contribution in [0.5, 0.6) is 0 Å². The third-order valence-corrected chi connectivity index (χ3v) is 5.87. The van der Waals surface area contributed by atoms with Crippen molar-refractivity contribution in [1.29, 1.82) is 5.26 Å². The predicted molar refractivity (Wildman–Crippen MR) is 93.5 cm³/mol. The second-order valence-corrected chi connectivity index (χ2v) is 7.48. The molecular formula is C19H12ClNO2S. The van der Waals surface area contributed by atoms with Crippen LogP contribution in [0.4, 0.5) is 0 Å². The zero-order valence-corrected chi connectivity index (χ0v) is 14.1. The van der Waals surface area contributed by atoms with Gasteiger partial charge in [0.15, 0.2) is 0 Å². The fraction of sp³-hybridized carbons (Fsp3) is 0. The summed E-state index contributed by atoms with van der Waals surface area (Å²) in [5, 5.41) is 9.01. The normalized spacial score (nSPS) is 11.0. The van der Waals surface area contributed by atoms with E-state index in [1.807, 2.05) is 0 Å². The lowest BCUT2D eigenvalue weighted by molar-refractivity contribution is 0.596. The molecule has 0 aliphatic rings. The number of rotatable bonds is 3. The molecule has 0 heterocycles. The molecule has 5 heteroatoms. The van der Waals surface area contributed by atoms with E-state index in [1.165, 1.54) is 6.07 Å². The molecule has 0 aliphatic heterocycles. The number of nitriles is 1. The molecule has 0 unspecified atom stereocenters. The Morgan fingerprint density at radius 2 is 1.46 bits per heavy atom. The monoisotopic (exact) mass is 353 g/mol. The van der Waals surface area contributed by atoms with Crippen molar-refractivity contribution in [3.63, 3.8) is 0 Å². The summed E-state index contributed by atoms with van der Waals surface area (Å²) < 4.78 is 25.3. The number of sulfone groups is 1. The van der Waals surface area contributed by atoms with Crippen LogP contribution in [-0.2, 0) is 9.84 Å². The van der Waals surface area contributed by atoms with Crippen LogP contribution in [0.2, 0.25) is 5.02 Å². The van der Waals surface area contributed by atoms with Gasteiger partial charge in [0.05, 0.1) is 26.4 Å². The highest BCUT2D eigenvalue weighted by molar-refractivity contribution is 7.91. The molecule has 0 saturated heterocycles. The maximum Gasteiger partial charge on any atom is 0.208 e. The van der Waals surface area contributed by atoms with E-state index < -0.39 is 9.84 Å². The first-order chi connectivity index (χ1) is 11.5. The zero-order chi connectivity index (χ0) is 17.2. The highest BCUT2D eigenvalue weighted by atomic mass is 35.5. The summed E-state index contributed by atoms with van der Waals surface area (Å²) >= 11 is 6.24. The summed E-state index contributed by atoms with van der Waals surface area (Å²) in [6, 6.07) is 22.1. The highest BCUT2D eigenvalue weighted by Crippen LogP contribution is 2.31. The number of nitrogens with zero attached hydrogens (tertiary/aromatic N) is 1. The van der Waals surface area contributed by atoms with Crippen LogP contribution >= 0.6 is 11.6 Å². The van der Waals surface area contributed by atoms with Crippen molar-refractivity contribution in [1.82, 2.24) is 0 Å². The van der Waals surface area contributed by atoms with Crippen molar-refractivity contribution < 1.29 is 8.42 Å². The van der Waals surface area contributed by atoms with Crippen LogP contribution in [0, 0.1) is 11.3 Å². The maximum absolute atomic E-state index is 12.7. The number of halogens is 1. The Kier molecular flexibility index (Phi) is 4.39. The topological polar surface area (TPSA) is 57.9 Å². The standard InChI is InChI=1S/C19H12ClNO2S/c20-18-12-16(15-8-6-14(13-21)7-9-15)10-11-19(18)24(22,23)17-4-2-1-3-5-17/h1-12H. The van der Waals surface area contributed by atoms with Gasteiger partial charge in [0.2, 0.25) is 9.84 Å². The summed E-state index contributed by atoms with van der Waals surface area (Å²) in [5.74, 6) is 0. The third-order valence-electron chi connectivity index (χ3n) is 3.62. The van der Waals surface area contributed by atoms with E-state index in [9.17, 15) is 8.42 Å². The lowest BCUT2D eigenvalue weighted by Crippen LogP contribution is -2.02. The Bertz CT molecular complexity index is 1020. The fourth-order valence-corrected chi connectivity index (χ4v) is 4.18. The summed E-state index contributed by atoms with van der Waals surface area (Å²) in [6.45, 7) is 0. The van der Waals surface area contributed by atoms with E-state index in [-0.39, 0.29) is 14.8 Å². The van der Waals surface area contributed by atoms with Crippen molar-refractivity contribution in [2.24, 2.45) is 0 Å². The van der Waals surface area contributed by atoms with Crippen molar-refractivity contribution in [3.8, 4) is 17.2 Å². The van der Waals surface area contributed by atoms with Gasteiger partial charge in [0.25, 0.3) is 0 Å². The van der Waals surface area contributed by atoms with Crippen LogP contribution in [0.15, 0.2) is 82.6 Å². The third kappa shape index (κ3) is 3.05. The smallest absolute Gasteiger partial charge is 0.208 e. The first-order valence-electron chi connectivity index (χ1n) is 7.12. The van der Waals surface area contributed by atoms with Gasteiger partial charge in [0, 0.05) is 0 Å². The molecule has 0 spiro atoms. The van der Waals surface area contributed by atoms with Crippen LogP contribution in [-0.4, -0.2) is 8.42 Å². The summed E-state index contributed by atoms with van der Waals surface area (Å²) in [4.78, 5) is 0.283. The average Bonchev–Trinajstić information content (AvgIpc) is 2.62. The lowest BCUT2D eigenvalue weighted by Gasteiger charge is -2.09. The molecule has 0 radical (unpaired) electrons. The molecule has 0 saturated carbocycles. The molecule has 0 amide bonds. The van der Waals surface area contributed by atoms with Crippen molar-refractivity contribution in [2.75, 3.05) is 0 Å². The Hall–Kier alpha value is -2.61. The second-order valence-electron chi connectivity index (χ2n) is 5.15. The fourth-order valence-electron chi connectivity index (χ4n) is 2.36. The Morgan fingerprint density at radius 1 is 0.833 bits per heavy atom. The zero-order valence-electron chi connectivity index (χ0n) is 12.5. The van der Waals surface area contributed by atoms with Gasteiger partial charge in [-0.25, -0.2) is 8.42 Å². The molecule has 0 bridgehead atoms. The molecule has 0 aliphatic carbocycles. The minimum atomic E-state index is -3.65. The first kappa shape index (κ1) is 16.3. The number of benzene rings is 3. The molecule has 3 nitrogen and oxygen atoms in total. The van der Waals surface area contributed by atoms with E-state index in [2.05, 4.69) is 6.07 Å². The van der Waals surface area contributed by atoms with Gasteiger partial charge >= 0.3 is 0 Å². The molecule has 24 heavy (non-hydrogen) atoms. The van der Waals surface area contributed by atoms with Crippen LogP contribution in [0.3, 0.4) is 0 Å². The molecule has 3 aromatic rings. The van der Waals surface area contributed by atoms with Gasteiger partial charge in [0.1, 0.15) is 0 Å². The van der Waals surface area contributed by atoms with Crippen LogP contribution in [0.25, 0.3) is 11.1 Å². The largest absolute Gasteiger partial charge is 0.218 e. The summed E-state index contributed by atoms with van der Waals surface area (Å²) in [6.07, 6.45) is 0. The summed E-state index contributed by atoms with van der Waals surface area (Å²) in [7, 11) is -3.65. The van der Waals surface area contributed by atoms with E-state index >= 15 is 0 Å². The molecule has 0 aromatic heterocycles. The molecule has 3 rings (SSSR count). The van der Waals surface area contributed by atoms with Gasteiger partial charge < -0.3 is 0 Å². The van der Waals surface area contributed by atoms with Crippen LogP contribution < -0.4 is 0 Å². The van der Waals surface area contributed by atoms with Crippen LogP contribution in [0.1, 0.15) is 5.56 Å². The molecular weight excluding hydrogens is 342 g/mol. The van der Waals surface area contributed by atoms with Gasteiger partial charge in [-0.3, -0.25) is 0 Å². The van der Waals surface area contributed by atoms with Gasteiger partial charge in [-0.1, -0.05) is 48.0 Å². The quantitative estimate of drug-likeness (QED) is 0.685. The van der Waals surface area contributed by atoms with Gasteiger partial charge in [-0.15, -0.1) is 0 Å². The lowest BCUT2D eigenvalue weighted by atomic mass is 10.0. The molecule has 0 fully saturated rings. The SMILES string of the molecule is N#Cc1ccc(-c2ccc(S(=O)(=O)c3ccccc3)c(Cl)c2)cc1. The number of hydrogen-bond acceptors (Lipinski definition) is 3. The van der Waals surface area contributed by atoms with E-state index in [0.717, 1.165) is 11.1 Å². The predicted octanol–water partition coefficient (Wildman–Crippen LogP) is 4.71. The molecule has 0 N–H and O–H groups in total. The van der Waals surface area contributed by atoms with E-state index in [0.29, 0.717) is 5.56 Å². The minimum absolute atomic E-state index is 0.0766. The first-order valence-corrected chi connectivity index (χ1v) is 8.99.